The van der Waals surface area contributed by atoms with E-state index in [1.54, 1.807) is 18.2 Å². The summed E-state index contributed by atoms with van der Waals surface area (Å²) in [6.45, 7) is 2.48. The van der Waals surface area contributed by atoms with Gasteiger partial charge in [0.05, 0.1) is 11.4 Å². The average Bonchev–Trinajstić information content (AvgIpc) is 2.44. The van der Waals surface area contributed by atoms with Crippen LogP contribution in [0.1, 0.15) is 17.3 Å². The second kappa shape index (κ2) is 6.43. The molecule has 4 nitrogen and oxygen atoms in total. The summed E-state index contributed by atoms with van der Waals surface area (Å²) in [6.07, 6.45) is 0. The number of rotatable bonds is 4. The molecule has 5 heteroatoms. The number of nitrogens with two attached hydrogens (primary N) is 1. The van der Waals surface area contributed by atoms with Gasteiger partial charge in [-0.15, -0.1) is 0 Å². The first-order chi connectivity index (χ1) is 9.60. The normalized spacial score (nSPS) is 10.1. The van der Waals surface area contributed by atoms with Crippen molar-refractivity contribution in [2.75, 3.05) is 17.6 Å². The largest absolute Gasteiger partial charge is 0.397 e. The lowest BCUT2D eigenvalue weighted by atomic mass is 10.1. The highest BCUT2D eigenvalue weighted by Gasteiger charge is 2.07. The molecular weight excluding hydrogens is 318 g/mol. The van der Waals surface area contributed by atoms with Crippen molar-refractivity contribution in [1.82, 2.24) is 5.32 Å². The van der Waals surface area contributed by atoms with E-state index in [4.69, 9.17) is 5.73 Å². The molecule has 2 rings (SSSR count). The Hall–Kier alpha value is -2.01. The van der Waals surface area contributed by atoms with Crippen molar-refractivity contribution in [3.63, 3.8) is 0 Å². The van der Waals surface area contributed by atoms with Gasteiger partial charge in [-0.25, -0.2) is 0 Å². The summed E-state index contributed by atoms with van der Waals surface area (Å²) >= 11 is 3.39. The maximum Gasteiger partial charge on any atom is 0.251 e. The second-order valence-electron chi connectivity index (χ2n) is 4.29. The predicted molar refractivity (Wildman–Crippen MR) is 86.3 cm³/mol. The number of carbonyl (C=O) groups excluding carboxylic acids is 1. The van der Waals surface area contributed by atoms with Gasteiger partial charge < -0.3 is 16.4 Å². The van der Waals surface area contributed by atoms with Gasteiger partial charge in [0.1, 0.15) is 0 Å². The van der Waals surface area contributed by atoms with Crippen molar-refractivity contribution in [2.24, 2.45) is 0 Å². The first-order valence-corrected chi connectivity index (χ1v) is 7.09. The molecule has 4 N–H and O–H groups in total. The third-order valence-electron chi connectivity index (χ3n) is 2.78. The van der Waals surface area contributed by atoms with E-state index < -0.39 is 0 Å². The Bertz CT molecular complexity index is 611. The molecule has 0 unspecified atom stereocenters. The molecule has 0 atom stereocenters. The average molecular weight is 334 g/mol. The summed E-state index contributed by atoms with van der Waals surface area (Å²) in [5.74, 6) is -0.105. The highest BCUT2D eigenvalue weighted by molar-refractivity contribution is 9.10. The molecule has 0 radical (unpaired) electrons. The van der Waals surface area contributed by atoms with Gasteiger partial charge in [0.15, 0.2) is 0 Å². The van der Waals surface area contributed by atoms with Crippen LogP contribution in [0, 0.1) is 0 Å². The van der Waals surface area contributed by atoms with Crippen LogP contribution in [0.25, 0.3) is 0 Å². The van der Waals surface area contributed by atoms with Crippen LogP contribution in [0.5, 0.6) is 0 Å². The highest BCUT2D eigenvalue weighted by Crippen LogP contribution is 2.25. The van der Waals surface area contributed by atoms with Gasteiger partial charge in [0.25, 0.3) is 5.91 Å². The first-order valence-electron chi connectivity index (χ1n) is 6.30. The van der Waals surface area contributed by atoms with Crippen molar-refractivity contribution < 1.29 is 4.79 Å². The SMILES string of the molecule is CCNC(=O)c1ccc(N)c(Nc2ccc(Br)cc2)c1. The minimum atomic E-state index is -0.105. The lowest BCUT2D eigenvalue weighted by Crippen LogP contribution is -2.22. The van der Waals surface area contributed by atoms with E-state index in [1.807, 2.05) is 31.2 Å². The Balaban J connectivity index is 2.24. The van der Waals surface area contributed by atoms with Gasteiger partial charge in [-0.3, -0.25) is 4.79 Å². The predicted octanol–water partition coefficient (Wildman–Crippen LogP) is 3.52. The minimum absolute atomic E-state index is 0.105. The molecule has 1 amide bonds. The monoisotopic (exact) mass is 333 g/mol. The molecule has 0 aliphatic rings. The number of anilines is 3. The van der Waals surface area contributed by atoms with E-state index >= 15 is 0 Å². The molecular formula is C15H16BrN3O. The molecule has 0 spiro atoms. The lowest BCUT2D eigenvalue weighted by Gasteiger charge is -2.11. The number of benzene rings is 2. The van der Waals surface area contributed by atoms with Crippen LogP contribution in [-0.4, -0.2) is 12.5 Å². The summed E-state index contributed by atoms with van der Waals surface area (Å²) in [6, 6.07) is 12.9. The fourth-order valence-corrected chi connectivity index (χ4v) is 2.02. The van der Waals surface area contributed by atoms with E-state index in [0.717, 1.165) is 15.8 Å². The molecule has 0 aromatic heterocycles. The van der Waals surface area contributed by atoms with Crippen molar-refractivity contribution in [2.45, 2.75) is 6.92 Å². The molecule has 0 fully saturated rings. The van der Waals surface area contributed by atoms with Crippen LogP contribution >= 0.6 is 15.9 Å². The zero-order valence-electron chi connectivity index (χ0n) is 11.1. The summed E-state index contributed by atoms with van der Waals surface area (Å²) in [7, 11) is 0. The maximum atomic E-state index is 11.8. The van der Waals surface area contributed by atoms with E-state index in [-0.39, 0.29) is 5.91 Å². The number of nitrogen functional groups attached to an aromatic ring is 1. The number of amides is 1. The van der Waals surface area contributed by atoms with Gasteiger partial charge in [-0.1, -0.05) is 15.9 Å². The summed E-state index contributed by atoms with van der Waals surface area (Å²) < 4.78 is 1.01. The molecule has 104 valence electrons. The minimum Gasteiger partial charge on any atom is -0.397 e. The molecule has 0 saturated carbocycles. The van der Waals surface area contributed by atoms with Crippen molar-refractivity contribution in [1.29, 1.82) is 0 Å². The van der Waals surface area contributed by atoms with Crippen molar-refractivity contribution in [3.8, 4) is 0 Å². The Morgan fingerprint density at radius 3 is 2.55 bits per heavy atom. The number of nitrogens with one attached hydrogen (secondary N) is 2. The van der Waals surface area contributed by atoms with Crippen LogP contribution in [0.3, 0.4) is 0 Å². The fraction of sp³-hybridized carbons (Fsp3) is 0.133. The standard InChI is InChI=1S/C15H16BrN3O/c1-2-18-15(20)10-3-8-13(17)14(9-10)19-12-6-4-11(16)5-7-12/h3-9,19H,2,17H2,1H3,(H,18,20). The maximum absolute atomic E-state index is 11.8. The Morgan fingerprint density at radius 2 is 1.90 bits per heavy atom. The number of halogens is 1. The molecule has 0 aliphatic heterocycles. The van der Waals surface area contributed by atoms with E-state index in [0.29, 0.717) is 17.8 Å². The Morgan fingerprint density at radius 1 is 1.20 bits per heavy atom. The topological polar surface area (TPSA) is 67.2 Å². The van der Waals surface area contributed by atoms with Gasteiger partial charge in [-0.2, -0.15) is 0 Å². The van der Waals surface area contributed by atoms with Crippen molar-refractivity contribution >= 4 is 38.9 Å². The van der Waals surface area contributed by atoms with E-state index in [2.05, 4.69) is 26.6 Å². The van der Waals surface area contributed by atoms with Crippen LogP contribution in [0.2, 0.25) is 0 Å². The van der Waals surface area contributed by atoms with Gasteiger partial charge >= 0.3 is 0 Å². The highest BCUT2D eigenvalue weighted by atomic mass is 79.9. The van der Waals surface area contributed by atoms with Crippen LogP contribution < -0.4 is 16.4 Å². The van der Waals surface area contributed by atoms with Crippen LogP contribution in [-0.2, 0) is 0 Å². The van der Waals surface area contributed by atoms with E-state index in [9.17, 15) is 4.79 Å². The molecule has 2 aromatic carbocycles. The quantitative estimate of drug-likeness (QED) is 0.750. The number of hydrogen-bond donors (Lipinski definition) is 3. The fourth-order valence-electron chi connectivity index (χ4n) is 1.76. The van der Waals surface area contributed by atoms with Crippen LogP contribution in [0.4, 0.5) is 17.1 Å². The van der Waals surface area contributed by atoms with E-state index in [1.165, 1.54) is 0 Å². The molecule has 0 aliphatic carbocycles. The lowest BCUT2D eigenvalue weighted by molar-refractivity contribution is 0.0956. The second-order valence-corrected chi connectivity index (χ2v) is 5.21. The van der Waals surface area contributed by atoms with Gasteiger partial charge in [0, 0.05) is 22.3 Å². The Labute approximate surface area is 126 Å². The number of hydrogen-bond acceptors (Lipinski definition) is 3. The van der Waals surface area contributed by atoms with Crippen LogP contribution in [0.15, 0.2) is 46.9 Å². The molecule has 2 aromatic rings. The zero-order valence-corrected chi connectivity index (χ0v) is 12.7. The van der Waals surface area contributed by atoms with Gasteiger partial charge in [-0.05, 0) is 49.4 Å². The third-order valence-corrected chi connectivity index (χ3v) is 3.30. The molecule has 0 heterocycles. The molecule has 0 saturated heterocycles. The van der Waals surface area contributed by atoms with Gasteiger partial charge in [0.2, 0.25) is 0 Å². The smallest absolute Gasteiger partial charge is 0.251 e. The summed E-state index contributed by atoms with van der Waals surface area (Å²) in [5, 5.41) is 5.98. The number of carbonyl (C=O) groups is 1. The Kier molecular flexibility index (Phi) is 4.63. The first kappa shape index (κ1) is 14.4. The molecule has 0 bridgehead atoms. The zero-order chi connectivity index (χ0) is 14.5. The summed E-state index contributed by atoms with van der Waals surface area (Å²) in [5.41, 5.74) is 8.75. The summed E-state index contributed by atoms with van der Waals surface area (Å²) in [4.78, 5) is 11.8. The molecule has 20 heavy (non-hydrogen) atoms. The van der Waals surface area contributed by atoms with Crippen molar-refractivity contribution in [3.05, 3.63) is 52.5 Å². The third kappa shape index (κ3) is 3.51.